The molecule has 2 aromatic rings. The molecule has 0 saturated heterocycles. The van der Waals surface area contributed by atoms with E-state index in [1.54, 1.807) is 6.20 Å². The van der Waals surface area contributed by atoms with E-state index in [-0.39, 0.29) is 0 Å². The van der Waals surface area contributed by atoms with E-state index in [4.69, 9.17) is 10.5 Å². The minimum atomic E-state index is 0.426. The van der Waals surface area contributed by atoms with E-state index in [2.05, 4.69) is 23.8 Å². The summed E-state index contributed by atoms with van der Waals surface area (Å²) in [5.74, 6) is 2.22. The summed E-state index contributed by atoms with van der Waals surface area (Å²) in [6, 6.07) is 7.98. The van der Waals surface area contributed by atoms with Crippen LogP contribution in [-0.2, 0) is 6.54 Å². The smallest absolute Gasteiger partial charge is 0.120 e. The highest BCUT2D eigenvalue weighted by Gasteiger charge is 2.03. The number of aromatic nitrogens is 2. The molecule has 0 unspecified atom stereocenters. The van der Waals surface area contributed by atoms with Gasteiger partial charge in [0.15, 0.2) is 0 Å². The standard InChI is InChI=1S/C14H19N3O/c1-10(2)9-18-12-5-3-11(4-6-12)13-8-16-14(7-15)17-13/h3-6,8,10H,7,9,15H2,1-2H3,(H,16,17). The Morgan fingerprint density at radius 1 is 1.28 bits per heavy atom. The quantitative estimate of drug-likeness (QED) is 0.851. The van der Waals surface area contributed by atoms with Gasteiger partial charge in [0.1, 0.15) is 11.6 Å². The van der Waals surface area contributed by atoms with Gasteiger partial charge < -0.3 is 15.5 Å². The van der Waals surface area contributed by atoms with Crippen LogP contribution < -0.4 is 10.5 Å². The number of ether oxygens (including phenoxy) is 1. The summed E-state index contributed by atoms with van der Waals surface area (Å²) in [5, 5.41) is 0. The molecule has 0 radical (unpaired) electrons. The molecule has 0 aliphatic rings. The van der Waals surface area contributed by atoms with Gasteiger partial charge in [-0.3, -0.25) is 0 Å². The fourth-order valence-electron chi connectivity index (χ4n) is 1.61. The van der Waals surface area contributed by atoms with Gasteiger partial charge in [-0.2, -0.15) is 0 Å². The van der Waals surface area contributed by atoms with Crippen LogP contribution in [0.4, 0.5) is 0 Å². The predicted molar refractivity (Wildman–Crippen MR) is 72.2 cm³/mol. The monoisotopic (exact) mass is 245 g/mol. The first kappa shape index (κ1) is 12.6. The normalized spacial score (nSPS) is 10.9. The molecule has 1 aromatic carbocycles. The van der Waals surface area contributed by atoms with Crippen LogP contribution in [0, 0.1) is 5.92 Å². The molecule has 1 aromatic heterocycles. The molecule has 0 saturated carbocycles. The molecule has 18 heavy (non-hydrogen) atoms. The maximum Gasteiger partial charge on any atom is 0.120 e. The molecule has 0 aliphatic carbocycles. The summed E-state index contributed by atoms with van der Waals surface area (Å²) in [6.45, 7) is 5.43. The number of rotatable bonds is 5. The van der Waals surface area contributed by atoms with Crippen molar-refractivity contribution in [2.75, 3.05) is 6.61 Å². The Kier molecular flexibility index (Phi) is 3.99. The fourth-order valence-corrected chi connectivity index (χ4v) is 1.61. The van der Waals surface area contributed by atoms with Gasteiger partial charge in [-0.15, -0.1) is 0 Å². The van der Waals surface area contributed by atoms with Crippen molar-refractivity contribution in [3.63, 3.8) is 0 Å². The van der Waals surface area contributed by atoms with Crippen molar-refractivity contribution in [2.45, 2.75) is 20.4 Å². The number of hydrogen-bond donors (Lipinski definition) is 2. The number of benzene rings is 1. The maximum absolute atomic E-state index is 5.64. The molecule has 1 heterocycles. The van der Waals surface area contributed by atoms with E-state index in [0.717, 1.165) is 29.4 Å². The van der Waals surface area contributed by atoms with Gasteiger partial charge in [0.25, 0.3) is 0 Å². The predicted octanol–water partition coefficient (Wildman–Crippen LogP) is 2.57. The van der Waals surface area contributed by atoms with Gasteiger partial charge >= 0.3 is 0 Å². The van der Waals surface area contributed by atoms with Crippen molar-refractivity contribution >= 4 is 0 Å². The first-order valence-corrected chi connectivity index (χ1v) is 6.16. The Hall–Kier alpha value is -1.81. The van der Waals surface area contributed by atoms with E-state index in [1.807, 2.05) is 24.3 Å². The van der Waals surface area contributed by atoms with Crippen LogP contribution in [0.2, 0.25) is 0 Å². The number of nitrogens with one attached hydrogen (secondary N) is 1. The summed E-state index contributed by atoms with van der Waals surface area (Å²) in [5.41, 5.74) is 7.58. The Labute approximate surface area is 107 Å². The van der Waals surface area contributed by atoms with Gasteiger partial charge in [0.05, 0.1) is 25.0 Å². The summed E-state index contributed by atoms with van der Waals surface area (Å²) in [7, 11) is 0. The SMILES string of the molecule is CC(C)COc1ccc(-c2cnc(CN)[nH]2)cc1. The third-order valence-electron chi connectivity index (χ3n) is 2.57. The van der Waals surface area contributed by atoms with E-state index in [1.165, 1.54) is 0 Å². The molecule has 4 nitrogen and oxygen atoms in total. The van der Waals surface area contributed by atoms with Gasteiger partial charge in [0, 0.05) is 0 Å². The molecule has 0 amide bonds. The Bertz CT molecular complexity index is 488. The van der Waals surface area contributed by atoms with Crippen molar-refractivity contribution < 1.29 is 4.74 Å². The van der Waals surface area contributed by atoms with E-state index >= 15 is 0 Å². The summed E-state index contributed by atoms with van der Waals surface area (Å²) in [6.07, 6.45) is 1.80. The maximum atomic E-state index is 5.64. The molecule has 0 spiro atoms. The lowest BCUT2D eigenvalue weighted by Crippen LogP contribution is -2.04. The number of nitrogens with zero attached hydrogens (tertiary/aromatic N) is 1. The first-order valence-electron chi connectivity index (χ1n) is 6.16. The number of hydrogen-bond acceptors (Lipinski definition) is 3. The molecule has 96 valence electrons. The summed E-state index contributed by atoms with van der Waals surface area (Å²) >= 11 is 0. The fraction of sp³-hybridized carbons (Fsp3) is 0.357. The van der Waals surface area contributed by atoms with E-state index in [0.29, 0.717) is 12.5 Å². The van der Waals surface area contributed by atoms with Crippen LogP contribution in [0.1, 0.15) is 19.7 Å². The van der Waals surface area contributed by atoms with Gasteiger partial charge in [-0.25, -0.2) is 4.98 Å². The van der Waals surface area contributed by atoms with Gasteiger partial charge in [-0.05, 0) is 35.7 Å². The number of imidazole rings is 1. The number of H-pyrrole nitrogens is 1. The van der Waals surface area contributed by atoms with Crippen LogP contribution in [0.25, 0.3) is 11.3 Å². The summed E-state index contributed by atoms with van der Waals surface area (Å²) < 4.78 is 5.64. The second kappa shape index (κ2) is 5.69. The second-order valence-corrected chi connectivity index (χ2v) is 4.68. The molecule has 2 rings (SSSR count). The number of nitrogens with two attached hydrogens (primary N) is 1. The number of aromatic amines is 1. The van der Waals surface area contributed by atoms with Crippen molar-refractivity contribution in [2.24, 2.45) is 11.7 Å². The minimum Gasteiger partial charge on any atom is -0.493 e. The average Bonchev–Trinajstić information content (AvgIpc) is 2.85. The topological polar surface area (TPSA) is 63.9 Å². The van der Waals surface area contributed by atoms with Crippen LogP contribution in [0.3, 0.4) is 0 Å². The van der Waals surface area contributed by atoms with Crippen LogP contribution in [-0.4, -0.2) is 16.6 Å². The molecule has 3 N–H and O–H groups in total. The van der Waals surface area contributed by atoms with Crippen LogP contribution >= 0.6 is 0 Å². The molecule has 0 fully saturated rings. The first-order chi connectivity index (χ1) is 8.69. The third-order valence-corrected chi connectivity index (χ3v) is 2.57. The van der Waals surface area contributed by atoms with Gasteiger partial charge in [-0.1, -0.05) is 13.8 Å². The Morgan fingerprint density at radius 3 is 2.56 bits per heavy atom. The minimum absolute atomic E-state index is 0.426. The molecular weight excluding hydrogens is 226 g/mol. The summed E-state index contributed by atoms with van der Waals surface area (Å²) in [4.78, 5) is 7.35. The second-order valence-electron chi connectivity index (χ2n) is 4.68. The zero-order valence-electron chi connectivity index (χ0n) is 10.8. The lowest BCUT2D eigenvalue weighted by molar-refractivity contribution is 0.271. The molecular formula is C14H19N3O. The van der Waals surface area contributed by atoms with Crippen LogP contribution in [0.15, 0.2) is 30.5 Å². The van der Waals surface area contributed by atoms with Gasteiger partial charge in [0.2, 0.25) is 0 Å². The van der Waals surface area contributed by atoms with Crippen molar-refractivity contribution in [3.05, 3.63) is 36.3 Å². The highest BCUT2D eigenvalue weighted by Crippen LogP contribution is 2.21. The van der Waals surface area contributed by atoms with Crippen molar-refractivity contribution in [1.29, 1.82) is 0 Å². The van der Waals surface area contributed by atoms with Crippen molar-refractivity contribution in [1.82, 2.24) is 9.97 Å². The molecule has 0 aliphatic heterocycles. The molecule has 0 atom stereocenters. The lowest BCUT2D eigenvalue weighted by atomic mass is 10.1. The zero-order chi connectivity index (χ0) is 13.0. The van der Waals surface area contributed by atoms with Crippen molar-refractivity contribution in [3.8, 4) is 17.0 Å². The average molecular weight is 245 g/mol. The molecule has 0 bridgehead atoms. The van der Waals surface area contributed by atoms with E-state index < -0.39 is 0 Å². The largest absolute Gasteiger partial charge is 0.493 e. The highest BCUT2D eigenvalue weighted by molar-refractivity contribution is 5.59. The lowest BCUT2D eigenvalue weighted by Gasteiger charge is -2.08. The van der Waals surface area contributed by atoms with E-state index in [9.17, 15) is 0 Å². The Morgan fingerprint density at radius 2 is 2.00 bits per heavy atom. The zero-order valence-corrected chi connectivity index (χ0v) is 10.8. The third kappa shape index (κ3) is 3.11. The highest BCUT2D eigenvalue weighted by atomic mass is 16.5. The van der Waals surface area contributed by atoms with Crippen LogP contribution in [0.5, 0.6) is 5.75 Å². The Balaban J connectivity index is 2.07. The molecule has 4 heteroatoms.